The number of benzene rings is 2. The van der Waals surface area contributed by atoms with E-state index in [-0.39, 0.29) is 35.1 Å². The van der Waals surface area contributed by atoms with E-state index in [0.29, 0.717) is 15.5 Å². The van der Waals surface area contributed by atoms with Crippen molar-refractivity contribution in [2.24, 2.45) is 11.8 Å². The van der Waals surface area contributed by atoms with Crippen molar-refractivity contribution in [2.75, 3.05) is 16.0 Å². The van der Waals surface area contributed by atoms with Gasteiger partial charge in [0.1, 0.15) is 0 Å². The van der Waals surface area contributed by atoms with Crippen LogP contribution in [0.3, 0.4) is 0 Å². The Bertz CT molecular complexity index is 1300. The molecule has 0 bridgehead atoms. The third kappa shape index (κ3) is 4.66. The number of alkyl halides is 3. The summed E-state index contributed by atoms with van der Waals surface area (Å²) in [7, 11) is 0. The van der Waals surface area contributed by atoms with Crippen LogP contribution in [0.4, 0.5) is 24.5 Å². The van der Waals surface area contributed by atoms with Crippen LogP contribution in [-0.2, 0) is 20.6 Å². The summed E-state index contributed by atoms with van der Waals surface area (Å²) in [6.45, 7) is 0. The van der Waals surface area contributed by atoms with Gasteiger partial charge in [0.2, 0.25) is 17.7 Å². The number of carbonyl (C=O) groups excluding carboxylic acids is 3. The van der Waals surface area contributed by atoms with Crippen LogP contribution in [-0.4, -0.2) is 28.5 Å². The summed E-state index contributed by atoms with van der Waals surface area (Å²) in [5, 5.41) is 2.32. The maximum Gasteiger partial charge on any atom is 0.418 e. The highest BCUT2D eigenvalue weighted by atomic mass is 32.2. The minimum Gasteiger partial charge on any atom is -0.325 e. The van der Waals surface area contributed by atoms with Crippen LogP contribution >= 0.6 is 23.1 Å². The average Bonchev–Trinajstić information content (AvgIpc) is 3.35. The van der Waals surface area contributed by atoms with E-state index in [0.717, 1.165) is 48.2 Å². The standard InChI is InChI=1S/C24H20F3N3O3S2/c25-24(26,27)16-7-3-4-8-17(16)28-20(31)12-34-23-29-18-10-9-13(11-19(18)35-23)30-21(32)14-5-1-2-6-15(14)22(30)33/h3-4,7-11,14-15H,1-2,5-6,12H2,(H,28,31)/t14-,15-/m1/s1. The summed E-state index contributed by atoms with van der Waals surface area (Å²) < 4.78 is 40.7. The van der Waals surface area contributed by atoms with Crippen LogP contribution in [0.2, 0.25) is 0 Å². The fourth-order valence-corrected chi connectivity index (χ4v) is 6.56. The summed E-state index contributed by atoms with van der Waals surface area (Å²) in [4.78, 5) is 43.8. The minimum atomic E-state index is -4.57. The van der Waals surface area contributed by atoms with E-state index in [1.807, 2.05) is 0 Å². The topological polar surface area (TPSA) is 79.4 Å². The molecule has 2 fully saturated rings. The summed E-state index contributed by atoms with van der Waals surface area (Å²) in [5.74, 6) is -1.46. The zero-order valence-corrected chi connectivity index (χ0v) is 19.9. The Hall–Kier alpha value is -2.92. The molecule has 1 saturated heterocycles. The van der Waals surface area contributed by atoms with Crippen molar-refractivity contribution in [3.05, 3.63) is 48.0 Å². The van der Waals surface area contributed by atoms with E-state index in [1.54, 1.807) is 18.2 Å². The molecule has 2 aromatic carbocycles. The van der Waals surface area contributed by atoms with Gasteiger partial charge >= 0.3 is 6.18 Å². The highest BCUT2D eigenvalue weighted by Gasteiger charge is 2.48. The van der Waals surface area contributed by atoms with Gasteiger partial charge in [0, 0.05) is 0 Å². The number of halogens is 3. The van der Waals surface area contributed by atoms with Crippen molar-refractivity contribution in [1.29, 1.82) is 0 Å². The summed E-state index contributed by atoms with van der Waals surface area (Å²) >= 11 is 2.41. The summed E-state index contributed by atoms with van der Waals surface area (Å²) in [5.41, 5.74) is -0.0269. The number of aromatic nitrogens is 1. The van der Waals surface area contributed by atoms with E-state index in [2.05, 4.69) is 10.3 Å². The van der Waals surface area contributed by atoms with Gasteiger partial charge < -0.3 is 5.32 Å². The van der Waals surface area contributed by atoms with Crippen LogP contribution in [0.25, 0.3) is 10.2 Å². The Morgan fingerprint density at radius 3 is 2.46 bits per heavy atom. The van der Waals surface area contributed by atoms with E-state index < -0.39 is 17.6 Å². The molecule has 3 amide bonds. The first-order valence-corrected chi connectivity index (χ1v) is 12.9. The molecular weight excluding hydrogens is 499 g/mol. The van der Waals surface area contributed by atoms with Gasteiger partial charge in [0.05, 0.1) is 44.7 Å². The minimum absolute atomic E-state index is 0.120. The molecule has 11 heteroatoms. The Morgan fingerprint density at radius 1 is 1.09 bits per heavy atom. The van der Waals surface area contributed by atoms with Crippen molar-refractivity contribution >= 4 is 62.4 Å². The summed E-state index contributed by atoms with van der Waals surface area (Å²) in [6.07, 6.45) is -1.18. The lowest BCUT2D eigenvalue weighted by Gasteiger charge is -2.19. The van der Waals surface area contributed by atoms with E-state index >= 15 is 0 Å². The smallest absolute Gasteiger partial charge is 0.325 e. The van der Waals surface area contributed by atoms with Crippen molar-refractivity contribution in [3.8, 4) is 0 Å². The largest absolute Gasteiger partial charge is 0.418 e. The van der Waals surface area contributed by atoms with Gasteiger partial charge in [0.15, 0.2) is 4.34 Å². The van der Waals surface area contributed by atoms with Crippen LogP contribution in [0, 0.1) is 11.8 Å². The molecule has 1 N–H and O–H groups in total. The number of thiazole rings is 1. The number of amides is 3. The molecule has 5 rings (SSSR count). The van der Waals surface area contributed by atoms with Crippen molar-refractivity contribution in [2.45, 2.75) is 36.2 Å². The van der Waals surface area contributed by atoms with Crippen molar-refractivity contribution in [1.82, 2.24) is 4.98 Å². The maximum atomic E-state index is 13.1. The molecule has 182 valence electrons. The lowest BCUT2D eigenvalue weighted by molar-refractivity contribution is -0.137. The molecule has 1 aromatic heterocycles. The second kappa shape index (κ2) is 9.27. The number of anilines is 2. The zero-order chi connectivity index (χ0) is 24.7. The molecule has 0 spiro atoms. The SMILES string of the molecule is O=C(CSc1nc2ccc(N3C(=O)[C@@H]4CCCC[C@H]4C3=O)cc2s1)Nc1ccccc1C(F)(F)F. The third-order valence-corrected chi connectivity index (χ3v) is 8.45. The van der Waals surface area contributed by atoms with Crippen LogP contribution in [0.15, 0.2) is 46.8 Å². The number of imide groups is 1. The predicted molar refractivity (Wildman–Crippen MR) is 128 cm³/mol. The Labute approximate surface area is 206 Å². The number of hydrogen-bond donors (Lipinski definition) is 1. The van der Waals surface area contributed by atoms with Gasteiger partial charge in [-0.15, -0.1) is 11.3 Å². The summed E-state index contributed by atoms with van der Waals surface area (Å²) in [6, 6.07) is 10.00. The highest BCUT2D eigenvalue weighted by Crippen LogP contribution is 2.41. The first kappa shape index (κ1) is 23.8. The molecule has 2 heterocycles. The van der Waals surface area contributed by atoms with Gasteiger partial charge in [-0.1, -0.05) is 36.7 Å². The molecule has 2 aliphatic rings. The van der Waals surface area contributed by atoms with Crippen LogP contribution in [0.5, 0.6) is 0 Å². The molecular formula is C24H20F3N3O3S2. The number of fused-ring (bicyclic) bond motifs is 2. The first-order chi connectivity index (χ1) is 16.7. The Balaban J connectivity index is 1.28. The van der Waals surface area contributed by atoms with Gasteiger partial charge in [0.25, 0.3) is 0 Å². The Morgan fingerprint density at radius 2 is 1.77 bits per heavy atom. The van der Waals surface area contributed by atoms with Gasteiger partial charge in [-0.05, 0) is 43.2 Å². The number of para-hydroxylation sites is 1. The second-order valence-electron chi connectivity index (χ2n) is 8.52. The van der Waals surface area contributed by atoms with E-state index in [1.165, 1.54) is 34.4 Å². The van der Waals surface area contributed by atoms with Gasteiger partial charge in [-0.2, -0.15) is 13.2 Å². The van der Waals surface area contributed by atoms with E-state index in [9.17, 15) is 27.6 Å². The fraction of sp³-hybridized carbons (Fsp3) is 0.333. The molecule has 1 saturated carbocycles. The van der Waals surface area contributed by atoms with Gasteiger partial charge in [-0.3, -0.25) is 19.3 Å². The number of hydrogen-bond acceptors (Lipinski definition) is 6. The maximum absolute atomic E-state index is 13.1. The number of thioether (sulfide) groups is 1. The van der Waals surface area contributed by atoms with E-state index in [4.69, 9.17) is 0 Å². The zero-order valence-electron chi connectivity index (χ0n) is 18.3. The van der Waals surface area contributed by atoms with Crippen molar-refractivity contribution < 1.29 is 27.6 Å². The number of carbonyl (C=O) groups is 3. The Kier molecular flexibility index (Phi) is 6.30. The average molecular weight is 520 g/mol. The quantitative estimate of drug-likeness (QED) is 0.344. The number of rotatable bonds is 5. The number of nitrogens with one attached hydrogen (secondary N) is 1. The molecule has 1 aliphatic carbocycles. The molecule has 35 heavy (non-hydrogen) atoms. The van der Waals surface area contributed by atoms with Crippen LogP contribution < -0.4 is 10.2 Å². The second-order valence-corrected chi connectivity index (χ2v) is 10.8. The highest BCUT2D eigenvalue weighted by molar-refractivity contribution is 8.01. The molecule has 3 aromatic rings. The molecule has 0 radical (unpaired) electrons. The third-order valence-electron chi connectivity index (χ3n) is 6.29. The predicted octanol–water partition coefficient (Wildman–Crippen LogP) is 5.73. The molecule has 2 atom stereocenters. The van der Waals surface area contributed by atoms with Crippen molar-refractivity contribution in [3.63, 3.8) is 0 Å². The van der Waals surface area contributed by atoms with Crippen LogP contribution in [0.1, 0.15) is 31.2 Å². The molecule has 6 nitrogen and oxygen atoms in total. The lowest BCUT2D eigenvalue weighted by Crippen LogP contribution is -2.30. The lowest BCUT2D eigenvalue weighted by atomic mass is 9.81. The van der Waals surface area contributed by atoms with Gasteiger partial charge in [-0.25, -0.2) is 4.98 Å². The fourth-order valence-electron chi connectivity index (χ4n) is 4.66. The molecule has 1 aliphatic heterocycles. The molecule has 0 unspecified atom stereocenters. The first-order valence-electron chi connectivity index (χ1n) is 11.1. The number of nitrogens with zero attached hydrogens (tertiary/aromatic N) is 2. The monoisotopic (exact) mass is 519 g/mol. The normalized spacial score (nSPS) is 20.4.